The molecule has 0 aliphatic carbocycles. The molecule has 0 bridgehead atoms. The molecule has 0 fully saturated rings. The third kappa shape index (κ3) is 3.13. The molecule has 3 rings (SSSR count). The Labute approximate surface area is 153 Å². The van der Waals surface area contributed by atoms with Crippen LogP contribution in [-0.2, 0) is 0 Å². The van der Waals surface area contributed by atoms with Gasteiger partial charge in [-0.3, -0.25) is 4.57 Å². The van der Waals surface area contributed by atoms with Crippen LogP contribution in [0.25, 0.3) is 17.1 Å². The number of nitriles is 1. The lowest BCUT2D eigenvalue weighted by Gasteiger charge is -2.21. The van der Waals surface area contributed by atoms with Gasteiger partial charge in [0.05, 0.1) is 11.3 Å². The van der Waals surface area contributed by atoms with Crippen molar-refractivity contribution in [3.05, 3.63) is 71.3 Å². The summed E-state index contributed by atoms with van der Waals surface area (Å²) >= 11 is 0. The SMILES string of the molecule is CC(C)c1cccc(C(C)C)c1-n1cc(C#N)nc1-c1ccccc1F. The second kappa shape index (κ2) is 7.13. The standard InChI is InChI=1S/C22H22FN3/c1-14(2)17-9-7-10-18(15(3)4)21(17)26-13-16(12-24)25-22(26)19-8-5-6-11-20(19)23/h5-11,13-15H,1-4H3. The van der Waals surface area contributed by atoms with E-state index >= 15 is 0 Å². The topological polar surface area (TPSA) is 41.6 Å². The van der Waals surface area contributed by atoms with Crippen molar-refractivity contribution in [3.63, 3.8) is 0 Å². The lowest BCUT2D eigenvalue weighted by Crippen LogP contribution is -2.08. The summed E-state index contributed by atoms with van der Waals surface area (Å²) in [5.74, 6) is 0.668. The van der Waals surface area contributed by atoms with Crippen LogP contribution in [0.15, 0.2) is 48.7 Å². The Hall–Kier alpha value is -2.93. The molecular weight excluding hydrogens is 325 g/mol. The summed E-state index contributed by atoms with van der Waals surface area (Å²) in [6.07, 6.45) is 1.70. The summed E-state index contributed by atoms with van der Waals surface area (Å²) in [4.78, 5) is 4.40. The van der Waals surface area contributed by atoms with Crippen molar-refractivity contribution in [1.82, 2.24) is 9.55 Å². The van der Waals surface area contributed by atoms with E-state index < -0.39 is 0 Å². The maximum Gasteiger partial charge on any atom is 0.159 e. The Bertz CT molecular complexity index is 951. The van der Waals surface area contributed by atoms with Crippen LogP contribution in [-0.4, -0.2) is 9.55 Å². The van der Waals surface area contributed by atoms with E-state index in [1.165, 1.54) is 6.07 Å². The van der Waals surface area contributed by atoms with Crippen molar-refractivity contribution >= 4 is 0 Å². The van der Waals surface area contributed by atoms with E-state index in [-0.39, 0.29) is 23.3 Å². The molecule has 0 unspecified atom stereocenters. The fraction of sp³-hybridized carbons (Fsp3) is 0.273. The van der Waals surface area contributed by atoms with Gasteiger partial charge in [-0.25, -0.2) is 9.37 Å². The van der Waals surface area contributed by atoms with E-state index in [1.807, 2.05) is 4.57 Å². The Morgan fingerprint density at radius 3 is 2.12 bits per heavy atom. The first-order chi connectivity index (χ1) is 12.4. The average molecular weight is 347 g/mol. The number of para-hydroxylation sites is 1. The highest BCUT2D eigenvalue weighted by Gasteiger charge is 2.21. The zero-order chi connectivity index (χ0) is 18.8. The van der Waals surface area contributed by atoms with E-state index in [0.717, 1.165) is 16.8 Å². The number of rotatable bonds is 4. The number of nitrogens with zero attached hydrogens (tertiary/aromatic N) is 3. The minimum absolute atomic E-state index is 0.275. The van der Waals surface area contributed by atoms with Crippen molar-refractivity contribution in [1.29, 1.82) is 5.26 Å². The minimum Gasteiger partial charge on any atom is -0.298 e. The molecule has 0 amide bonds. The average Bonchev–Trinajstić information content (AvgIpc) is 3.05. The quantitative estimate of drug-likeness (QED) is 0.599. The van der Waals surface area contributed by atoms with Crippen LogP contribution >= 0.6 is 0 Å². The Morgan fingerprint density at radius 1 is 0.962 bits per heavy atom. The second-order valence-corrected chi connectivity index (χ2v) is 7.01. The molecule has 3 aromatic rings. The fourth-order valence-electron chi connectivity index (χ4n) is 3.23. The predicted molar refractivity (Wildman–Crippen MR) is 102 cm³/mol. The first-order valence-electron chi connectivity index (χ1n) is 8.81. The fourth-order valence-corrected chi connectivity index (χ4v) is 3.23. The van der Waals surface area contributed by atoms with Crippen molar-refractivity contribution in [2.45, 2.75) is 39.5 Å². The number of hydrogen-bond donors (Lipinski definition) is 0. The minimum atomic E-state index is -0.350. The molecule has 26 heavy (non-hydrogen) atoms. The van der Waals surface area contributed by atoms with Crippen molar-refractivity contribution in [3.8, 4) is 23.1 Å². The molecule has 0 saturated heterocycles. The highest BCUT2D eigenvalue weighted by molar-refractivity contribution is 5.64. The van der Waals surface area contributed by atoms with E-state index in [2.05, 4.69) is 56.9 Å². The monoisotopic (exact) mass is 347 g/mol. The largest absolute Gasteiger partial charge is 0.298 e. The van der Waals surface area contributed by atoms with Gasteiger partial charge in [0.2, 0.25) is 0 Å². The maximum absolute atomic E-state index is 14.5. The van der Waals surface area contributed by atoms with Crippen LogP contribution in [0.1, 0.15) is 56.4 Å². The molecule has 4 heteroatoms. The molecule has 0 radical (unpaired) electrons. The van der Waals surface area contributed by atoms with Gasteiger partial charge >= 0.3 is 0 Å². The molecule has 0 saturated carbocycles. The van der Waals surface area contributed by atoms with Crippen LogP contribution in [0.3, 0.4) is 0 Å². The van der Waals surface area contributed by atoms with Gasteiger partial charge in [-0.05, 0) is 35.1 Å². The molecule has 2 aromatic carbocycles. The van der Waals surface area contributed by atoms with Gasteiger partial charge in [-0.15, -0.1) is 0 Å². The number of halogens is 1. The van der Waals surface area contributed by atoms with Crippen LogP contribution in [0.4, 0.5) is 4.39 Å². The summed E-state index contributed by atoms with van der Waals surface area (Å²) in [5.41, 5.74) is 3.95. The molecule has 0 atom stereocenters. The van der Waals surface area contributed by atoms with Gasteiger partial charge in [-0.2, -0.15) is 5.26 Å². The van der Waals surface area contributed by atoms with Crippen LogP contribution in [0.2, 0.25) is 0 Å². The van der Waals surface area contributed by atoms with Gasteiger partial charge in [0, 0.05) is 6.20 Å². The van der Waals surface area contributed by atoms with Crippen molar-refractivity contribution in [2.75, 3.05) is 0 Å². The van der Waals surface area contributed by atoms with E-state index in [9.17, 15) is 9.65 Å². The Morgan fingerprint density at radius 2 is 1.58 bits per heavy atom. The van der Waals surface area contributed by atoms with Gasteiger partial charge in [0.25, 0.3) is 0 Å². The van der Waals surface area contributed by atoms with Gasteiger partial charge < -0.3 is 0 Å². The predicted octanol–water partition coefficient (Wildman–Crippen LogP) is 5.80. The second-order valence-electron chi connectivity index (χ2n) is 7.01. The number of aromatic nitrogens is 2. The Balaban J connectivity index is 2.38. The van der Waals surface area contributed by atoms with E-state index in [0.29, 0.717) is 11.4 Å². The first kappa shape index (κ1) is 17.9. The first-order valence-corrected chi connectivity index (χ1v) is 8.81. The molecule has 0 spiro atoms. The van der Waals surface area contributed by atoms with E-state index in [4.69, 9.17) is 0 Å². The summed E-state index contributed by atoms with van der Waals surface area (Å²) in [6, 6.07) is 14.9. The lowest BCUT2D eigenvalue weighted by molar-refractivity contribution is 0.629. The summed E-state index contributed by atoms with van der Waals surface area (Å²) in [6.45, 7) is 8.53. The molecular formula is C22H22FN3. The normalized spacial score (nSPS) is 11.2. The highest BCUT2D eigenvalue weighted by atomic mass is 19.1. The summed E-state index contributed by atoms with van der Waals surface area (Å²) in [7, 11) is 0. The number of imidazole rings is 1. The summed E-state index contributed by atoms with van der Waals surface area (Å²) < 4.78 is 16.3. The van der Waals surface area contributed by atoms with Gasteiger partial charge in [-0.1, -0.05) is 58.0 Å². The van der Waals surface area contributed by atoms with Gasteiger partial charge in [0.15, 0.2) is 5.69 Å². The third-order valence-electron chi connectivity index (χ3n) is 4.52. The van der Waals surface area contributed by atoms with Crippen molar-refractivity contribution in [2.24, 2.45) is 0 Å². The van der Waals surface area contributed by atoms with E-state index in [1.54, 1.807) is 24.4 Å². The lowest BCUT2D eigenvalue weighted by atomic mass is 9.92. The summed E-state index contributed by atoms with van der Waals surface area (Å²) in [5, 5.41) is 9.38. The van der Waals surface area contributed by atoms with Crippen LogP contribution in [0, 0.1) is 17.1 Å². The van der Waals surface area contributed by atoms with Crippen LogP contribution in [0.5, 0.6) is 0 Å². The molecule has 0 aliphatic heterocycles. The maximum atomic E-state index is 14.5. The molecule has 3 nitrogen and oxygen atoms in total. The molecule has 0 N–H and O–H groups in total. The zero-order valence-corrected chi connectivity index (χ0v) is 15.5. The molecule has 1 heterocycles. The Kier molecular flexibility index (Phi) is 4.90. The number of hydrogen-bond acceptors (Lipinski definition) is 2. The highest BCUT2D eigenvalue weighted by Crippen LogP contribution is 2.34. The van der Waals surface area contributed by atoms with Gasteiger partial charge in [0.1, 0.15) is 17.7 Å². The van der Waals surface area contributed by atoms with Crippen LogP contribution < -0.4 is 0 Å². The zero-order valence-electron chi connectivity index (χ0n) is 15.5. The molecule has 0 aliphatic rings. The molecule has 1 aromatic heterocycles. The third-order valence-corrected chi connectivity index (χ3v) is 4.52. The smallest absolute Gasteiger partial charge is 0.159 e. The molecule has 132 valence electrons. The number of benzene rings is 2. The van der Waals surface area contributed by atoms with Crippen molar-refractivity contribution < 1.29 is 4.39 Å².